The number of para-hydroxylation sites is 1. The van der Waals surface area contributed by atoms with Gasteiger partial charge in [-0.15, -0.1) is 0 Å². The molecule has 1 aromatic carbocycles. The number of ketones is 1. The van der Waals surface area contributed by atoms with Crippen molar-refractivity contribution < 1.29 is 14.3 Å². The Morgan fingerprint density at radius 2 is 2.04 bits per heavy atom. The van der Waals surface area contributed by atoms with E-state index in [2.05, 4.69) is 22.9 Å². The third kappa shape index (κ3) is 3.29. The van der Waals surface area contributed by atoms with Crippen molar-refractivity contribution in [2.24, 2.45) is 4.99 Å². The first kappa shape index (κ1) is 17.0. The Hall–Kier alpha value is -2.47. The number of hydrogen-bond acceptors (Lipinski definition) is 5. The Morgan fingerprint density at radius 3 is 2.85 bits per heavy atom. The molecule has 3 aliphatic rings. The lowest BCUT2D eigenvalue weighted by Crippen LogP contribution is -2.37. The molecule has 0 saturated carbocycles. The maximum atomic E-state index is 12.9. The van der Waals surface area contributed by atoms with Crippen LogP contribution < -0.4 is 4.90 Å². The maximum Gasteiger partial charge on any atom is 0.232 e. The minimum Gasteiger partial charge on any atom is -0.378 e. The van der Waals surface area contributed by atoms with Gasteiger partial charge in [0.2, 0.25) is 5.91 Å². The minimum atomic E-state index is 0.0107. The molecule has 0 unspecified atom stereocenters. The van der Waals surface area contributed by atoms with Gasteiger partial charge in [0.15, 0.2) is 5.78 Å². The number of morpholine rings is 1. The maximum absolute atomic E-state index is 12.9. The first-order valence-corrected chi connectivity index (χ1v) is 9.15. The van der Waals surface area contributed by atoms with Crippen molar-refractivity contribution in [3.05, 3.63) is 41.7 Å². The van der Waals surface area contributed by atoms with E-state index in [0.717, 1.165) is 18.8 Å². The van der Waals surface area contributed by atoms with Crippen LogP contribution in [-0.2, 0) is 14.3 Å². The van der Waals surface area contributed by atoms with Crippen LogP contribution in [0.5, 0.6) is 0 Å². The summed E-state index contributed by atoms with van der Waals surface area (Å²) in [5.74, 6) is 1.02. The van der Waals surface area contributed by atoms with E-state index in [1.807, 2.05) is 23.1 Å². The number of fused-ring (bicyclic) bond motifs is 1. The van der Waals surface area contributed by atoms with Gasteiger partial charge in [-0.1, -0.05) is 25.1 Å². The number of aliphatic imine (C=N–C) groups is 1. The highest BCUT2D eigenvalue weighted by molar-refractivity contribution is 6.16. The highest BCUT2D eigenvalue weighted by atomic mass is 16.5. The molecule has 3 aliphatic heterocycles. The molecule has 1 amide bonds. The number of carbonyl (C=O) groups excluding carboxylic acids is 2. The molecule has 26 heavy (non-hydrogen) atoms. The van der Waals surface area contributed by atoms with Crippen molar-refractivity contribution in [2.75, 3.05) is 37.7 Å². The molecule has 6 nitrogen and oxygen atoms in total. The monoisotopic (exact) mass is 353 g/mol. The van der Waals surface area contributed by atoms with Gasteiger partial charge in [-0.25, -0.2) is 4.99 Å². The number of allylic oxidation sites excluding steroid dienone is 1. The molecule has 0 bridgehead atoms. The Labute approximate surface area is 153 Å². The van der Waals surface area contributed by atoms with Gasteiger partial charge < -0.3 is 14.5 Å². The second kappa shape index (κ2) is 7.03. The normalized spacial score (nSPS) is 22.8. The van der Waals surface area contributed by atoms with Crippen molar-refractivity contribution in [2.45, 2.75) is 25.7 Å². The van der Waals surface area contributed by atoms with Crippen LogP contribution in [0.3, 0.4) is 0 Å². The second-order valence-corrected chi connectivity index (χ2v) is 7.06. The van der Waals surface area contributed by atoms with E-state index in [0.29, 0.717) is 37.2 Å². The predicted molar refractivity (Wildman–Crippen MR) is 99.4 cm³/mol. The molecule has 4 rings (SSSR count). The molecule has 1 atom stereocenters. The van der Waals surface area contributed by atoms with Gasteiger partial charge in [0, 0.05) is 49.4 Å². The van der Waals surface area contributed by atoms with Gasteiger partial charge in [0.1, 0.15) is 5.82 Å². The van der Waals surface area contributed by atoms with Crippen LogP contribution in [0.15, 0.2) is 41.2 Å². The fraction of sp³-hybridized carbons (Fsp3) is 0.450. The van der Waals surface area contributed by atoms with Gasteiger partial charge in [-0.05, 0) is 11.6 Å². The lowest BCUT2D eigenvalue weighted by molar-refractivity contribution is -0.117. The van der Waals surface area contributed by atoms with Crippen molar-refractivity contribution in [3.63, 3.8) is 0 Å². The molecule has 0 aromatic heterocycles. The minimum absolute atomic E-state index is 0.0107. The Bertz CT molecular complexity index is 793. The summed E-state index contributed by atoms with van der Waals surface area (Å²) in [4.78, 5) is 33.5. The fourth-order valence-corrected chi connectivity index (χ4v) is 3.81. The average Bonchev–Trinajstić information content (AvgIpc) is 2.99. The van der Waals surface area contributed by atoms with E-state index >= 15 is 0 Å². The van der Waals surface area contributed by atoms with Crippen molar-refractivity contribution >= 4 is 23.1 Å². The molecule has 1 aromatic rings. The summed E-state index contributed by atoms with van der Waals surface area (Å²) in [5.41, 5.74) is 2.84. The number of hydrogen-bond donors (Lipinski definition) is 0. The average molecular weight is 353 g/mol. The van der Waals surface area contributed by atoms with Crippen LogP contribution in [-0.4, -0.2) is 55.2 Å². The molecular weight excluding hydrogens is 330 g/mol. The van der Waals surface area contributed by atoms with Gasteiger partial charge in [0.05, 0.1) is 19.6 Å². The van der Waals surface area contributed by atoms with Crippen molar-refractivity contribution in [1.82, 2.24) is 4.90 Å². The molecular formula is C20H23N3O3. The number of carbonyl (C=O) groups is 2. The molecule has 0 radical (unpaired) electrons. The summed E-state index contributed by atoms with van der Waals surface area (Å²) in [6.45, 7) is 5.54. The van der Waals surface area contributed by atoms with Crippen LogP contribution in [0.25, 0.3) is 0 Å². The second-order valence-electron chi connectivity index (χ2n) is 7.06. The molecule has 3 heterocycles. The van der Waals surface area contributed by atoms with E-state index < -0.39 is 0 Å². The number of ether oxygens (including phenoxy) is 1. The predicted octanol–water partition coefficient (Wildman–Crippen LogP) is 2.11. The van der Waals surface area contributed by atoms with E-state index in [4.69, 9.17) is 4.74 Å². The van der Waals surface area contributed by atoms with Gasteiger partial charge in [-0.2, -0.15) is 0 Å². The highest BCUT2D eigenvalue weighted by Gasteiger charge is 2.30. The van der Waals surface area contributed by atoms with Crippen LogP contribution in [0, 0.1) is 0 Å². The summed E-state index contributed by atoms with van der Waals surface area (Å²) < 4.78 is 5.36. The molecule has 6 heteroatoms. The van der Waals surface area contributed by atoms with Crippen LogP contribution in [0.2, 0.25) is 0 Å². The lowest BCUT2D eigenvalue weighted by atomic mass is 10.0. The third-order valence-electron chi connectivity index (χ3n) is 5.15. The Morgan fingerprint density at radius 1 is 1.27 bits per heavy atom. The number of benzene rings is 1. The number of rotatable bonds is 3. The lowest BCUT2D eigenvalue weighted by Gasteiger charge is -2.30. The number of anilines is 1. The van der Waals surface area contributed by atoms with Gasteiger partial charge in [-0.3, -0.25) is 9.59 Å². The van der Waals surface area contributed by atoms with E-state index in [9.17, 15) is 9.59 Å². The number of nitrogens with zero attached hydrogens (tertiary/aromatic N) is 3. The quantitative estimate of drug-likeness (QED) is 0.835. The Balaban J connectivity index is 1.50. The molecule has 0 spiro atoms. The summed E-state index contributed by atoms with van der Waals surface area (Å²) in [5, 5.41) is 0. The Kier molecular flexibility index (Phi) is 4.59. The largest absolute Gasteiger partial charge is 0.378 e. The summed E-state index contributed by atoms with van der Waals surface area (Å²) in [6.07, 6.45) is 2.01. The van der Waals surface area contributed by atoms with E-state index in [1.54, 1.807) is 6.08 Å². The van der Waals surface area contributed by atoms with Gasteiger partial charge >= 0.3 is 0 Å². The van der Waals surface area contributed by atoms with Gasteiger partial charge in [0.25, 0.3) is 0 Å². The smallest absolute Gasteiger partial charge is 0.232 e. The van der Waals surface area contributed by atoms with E-state index in [1.165, 1.54) is 5.56 Å². The molecule has 1 fully saturated rings. The zero-order chi connectivity index (χ0) is 18.1. The van der Waals surface area contributed by atoms with Crippen LogP contribution >= 0.6 is 0 Å². The molecule has 0 aliphatic carbocycles. The fourth-order valence-electron chi connectivity index (χ4n) is 3.81. The molecule has 1 saturated heterocycles. The highest BCUT2D eigenvalue weighted by Crippen LogP contribution is 2.36. The number of amides is 1. The topological polar surface area (TPSA) is 62.2 Å². The van der Waals surface area contributed by atoms with Crippen LogP contribution in [0.4, 0.5) is 5.69 Å². The van der Waals surface area contributed by atoms with Crippen molar-refractivity contribution in [3.8, 4) is 0 Å². The summed E-state index contributed by atoms with van der Waals surface area (Å²) in [7, 11) is 0. The van der Waals surface area contributed by atoms with E-state index in [-0.39, 0.29) is 24.5 Å². The molecule has 136 valence electrons. The van der Waals surface area contributed by atoms with Crippen LogP contribution in [0.1, 0.15) is 31.2 Å². The first-order valence-electron chi connectivity index (χ1n) is 9.15. The standard InChI is InChI=1S/C20H23N3O3/c1-14-13-23(18-5-3-2-4-17(14)18)20(25)11-15-10-16(24)12-19(21-15)22-6-8-26-9-7-22/h2-5,12,14H,6-11,13H2,1H3/t14-/m0/s1. The zero-order valence-electron chi connectivity index (χ0n) is 15.0. The SMILES string of the molecule is C[C@H]1CN(C(=O)CC2=NC(N3CCOCC3)=CC(=O)C2)c2ccccc21. The van der Waals surface area contributed by atoms with Crippen molar-refractivity contribution in [1.29, 1.82) is 0 Å². The summed E-state index contributed by atoms with van der Waals surface area (Å²) >= 11 is 0. The summed E-state index contributed by atoms with van der Waals surface area (Å²) in [6, 6.07) is 8.03. The molecule has 0 N–H and O–H groups in total. The third-order valence-corrected chi connectivity index (χ3v) is 5.15. The zero-order valence-corrected chi connectivity index (χ0v) is 15.0. The first-order chi connectivity index (χ1) is 12.6.